The fourth-order valence-electron chi connectivity index (χ4n) is 8.75. The predicted octanol–water partition coefficient (Wildman–Crippen LogP) is 16.0. The fraction of sp³-hybridized carbons (Fsp3) is 0.932. The molecule has 0 aliphatic heterocycles. The highest BCUT2D eigenvalue weighted by Gasteiger charge is 2.30. The van der Waals surface area contributed by atoms with Gasteiger partial charge in [-0.15, -0.1) is 0 Å². The van der Waals surface area contributed by atoms with Gasteiger partial charge in [-0.1, -0.05) is 246 Å². The highest BCUT2D eigenvalue weighted by atomic mass is 31.2. The summed E-state index contributed by atoms with van der Waals surface area (Å²) in [7, 11) is -9.86. The van der Waals surface area contributed by atoms with Crippen LogP contribution >= 0.6 is 15.6 Å². The van der Waals surface area contributed by atoms with Gasteiger partial charge in [0.25, 0.3) is 0 Å². The number of aliphatic hydroxyl groups excluding tert-OH is 1. The van der Waals surface area contributed by atoms with E-state index in [1.165, 1.54) is 103 Å². The maximum atomic E-state index is 12.9. The largest absolute Gasteiger partial charge is 0.472 e. The van der Waals surface area contributed by atoms with Crippen LogP contribution in [0.4, 0.5) is 0 Å². The van der Waals surface area contributed by atoms with Crippen LogP contribution in [0.1, 0.15) is 297 Å². The van der Waals surface area contributed by atoms with E-state index in [9.17, 15) is 43.2 Å². The number of phosphoric acid groups is 2. The number of unbranched alkanes of at least 4 members (excludes halogenated alkanes) is 34. The Morgan fingerprint density at radius 3 is 0.756 bits per heavy atom. The molecule has 0 saturated heterocycles. The Balaban J connectivity index is 5.19. The van der Waals surface area contributed by atoms with Gasteiger partial charge in [-0.05, 0) is 25.7 Å². The quantitative estimate of drug-likeness (QED) is 0.0222. The van der Waals surface area contributed by atoms with Crippen LogP contribution in [0.3, 0.4) is 0 Å². The normalized spacial score (nSPS) is 14.3. The summed E-state index contributed by atoms with van der Waals surface area (Å²) < 4.78 is 67.6. The van der Waals surface area contributed by atoms with Gasteiger partial charge in [0.05, 0.1) is 26.4 Å². The van der Waals surface area contributed by atoms with Gasteiger partial charge in [0.1, 0.15) is 19.3 Å². The monoisotopic (exact) mass is 1160 g/mol. The van der Waals surface area contributed by atoms with Crippen LogP contribution in [0, 0.1) is 0 Å². The second kappa shape index (κ2) is 54.3. The smallest absolute Gasteiger partial charge is 0.462 e. The lowest BCUT2D eigenvalue weighted by Crippen LogP contribution is -2.30. The average molecular weight is 1160 g/mol. The lowest BCUT2D eigenvalue weighted by Gasteiger charge is -2.21. The molecule has 0 radical (unpaired) electrons. The van der Waals surface area contributed by atoms with Gasteiger partial charge in [0.15, 0.2) is 12.2 Å². The Kier molecular flexibility index (Phi) is 53.0. The molecule has 17 nitrogen and oxygen atoms in total. The van der Waals surface area contributed by atoms with Crippen molar-refractivity contribution in [3.05, 3.63) is 0 Å². The van der Waals surface area contributed by atoms with Crippen LogP contribution in [0.15, 0.2) is 0 Å². The molecule has 0 fully saturated rings. The van der Waals surface area contributed by atoms with E-state index in [4.69, 9.17) is 37.0 Å². The van der Waals surface area contributed by atoms with Crippen molar-refractivity contribution >= 4 is 39.5 Å². The third-order valence-corrected chi connectivity index (χ3v) is 15.5. The van der Waals surface area contributed by atoms with Crippen molar-refractivity contribution in [1.82, 2.24) is 0 Å². The number of hydrogen-bond acceptors (Lipinski definition) is 15. The molecular weight excluding hydrogens is 1040 g/mol. The molecule has 0 spiro atoms. The molecule has 0 aromatic heterocycles. The number of hydrogen-bond donors (Lipinski definition) is 3. The molecule has 19 heteroatoms. The Morgan fingerprint density at radius 2 is 0.513 bits per heavy atom. The summed E-state index contributed by atoms with van der Waals surface area (Å²) in [5.41, 5.74) is 0. The van der Waals surface area contributed by atoms with Gasteiger partial charge in [0, 0.05) is 25.7 Å². The lowest BCUT2D eigenvalue weighted by atomic mass is 10.0. The van der Waals surface area contributed by atoms with Crippen LogP contribution in [0.5, 0.6) is 0 Å². The lowest BCUT2D eigenvalue weighted by molar-refractivity contribution is -0.161. The molecule has 0 aromatic rings. The Hall–Kier alpha value is -1.94. The van der Waals surface area contributed by atoms with E-state index in [-0.39, 0.29) is 25.7 Å². The minimum absolute atomic E-state index is 0.104. The van der Waals surface area contributed by atoms with Crippen molar-refractivity contribution in [2.24, 2.45) is 0 Å². The molecular formula is C59H114O17P2. The van der Waals surface area contributed by atoms with Gasteiger partial charge in [-0.25, -0.2) is 9.13 Å². The highest BCUT2D eigenvalue weighted by Crippen LogP contribution is 2.45. The first-order valence-electron chi connectivity index (χ1n) is 31.3. The number of carbonyl (C=O) groups excluding carboxylic acids is 4. The number of aliphatic hydroxyl groups is 1. The van der Waals surface area contributed by atoms with Crippen molar-refractivity contribution < 1.29 is 80.2 Å². The maximum absolute atomic E-state index is 12.9. The minimum Gasteiger partial charge on any atom is -0.462 e. The molecule has 0 aromatic carbocycles. The van der Waals surface area contributed by atoms with Crippen LogP contribution in [0.25, 0.3) is 0 Å². The average Bonchev–Trinajstić information content (AvgIpc) is 3.41. The summed E-state index contributed by atoms with van der Waals surface area (Å²) in [5.74, 6) is -2.15. The summed E-state index contributed by atoms with van der Waals surface area (Å²) in [6.07, 6.45) is 37.7. The number of esters is 4. The molecule has 0 amide bonds. The third-order valence-electron chi connectivity index (χ3n) is 13.6. The highest BCUT2D eigenvalue weighted by molar-refractivity contribution is 7.47. The zero-order valence-electron chi connectivity index (χ0n) is 49.6. The minimum atomic E-state index is -4.94. The van der Waals surface area contributed by atoms with Gasteiger partial charge in [-0.3, -0.25) is 37.3 Å². The SMILES string of the molecule is CCCCCCCCCCCCCCCC(=O)O[C@H](COC(=O)CCCCCCCCCCCCC)COP(=O)(O)OC[C@@H](O)COP(=O)(O)OC[C@@H](COC(=O)CCCCCCCCC)OC(=O)CCCCCCCCC. The zero-order chi connectivity index (χ0) is 57.6. The van der Waals surface area contributed by atoms with Crippen molar-refractivity contribution in [2.45, 2.75) is 316 Å². The molecule has 78 heavy (non-hydrogen) atoms. The predicted molar refractivity (Wildman–Crippen MR) is 308 cm³/mol. The first kappa shape index (κ1) is 76.1. The van der Waals surface area contributed by atoms with Gasteiger partial charge >= 0.3 is 39.5 Å². The summed E-state index contributed by atoms with van der Waals surface area (Å²) in [5, 5.41) is 10.5. The number of ether oxygens (including phenoxy) is 4. The molecule has 2 unspecified atom stereocenters. The second-order valence-corrected chi connectivity index (χ2v) is 24.3. The standard InChI is InChI=1S/C59H114O17P2/c1-5-9-13-17-21-23-25-26-28-30-34-38-42-46-59(64)76-55(50-70-57(62)44-40-36-33-29-27-24-22-18-14-10-6-2)52-74-78(67,68)72-48-53(60)47-71-77(65,66)73-51-54(75-58(63)45-41-37-32-20-16-12-8-4)49-69-56(61)43-39-35-31-19-15-11-7-3/h53-55,60H,5-52H2,1-4H3,(H,65,66)(H,67,68)/t53-,54+,55+/m0/s1. The number of carbonyl (C=O) groups is 4. The van der Waals surface area contributed by atoms with Gasteiger partial charge < -0.3 is 33.8 Å². The third kappa shape index (κ3) is 53.4. The Labute approximate surface area is 473 Å². The van der Waals surface area contributed by atoms with E-state index < -0.39 is 97.5 Å². The van der Waals surface area contributed by atoms with E-state index in [0.29, 0.717) is 25.7 Å². The van der Waals surface area contributed by atoms with Crippen molar-refractivity contribution in [3.8, 4) is 0 Å². The molecule has 0 saturated carbocycles. The molecule has 0 heterocycles. The van der Waals surface area contributed by atoms with E-state index in [1.807, 2.05) is 0 Å². The summed E-state index contributed by atoms with van der Waals surface area (Å²) in [6.45, 7) is 4.77. The molecule has 462 valence electrons. The van der Waals surface area contributed by atoms with Crippen molar-refractivity contribution in [1.29, 1.82) is 0 Å². The molecule has 0 bridgehead atoms. The van der Waals surface area contributed by atoms with Crippen molar-refractivity contribution in [2.75, 3.05) is 39.6 Å². The summed E-state index contributed by atoms with van der Waals surface area (Å²) in [4.78, 5) is 71.7. The first-order chi connectivity index (χ1) is 37.7. The van der Waals surface area contributed by atoms with Crippen molar-refractivity contribution in [3.63, 3.8) is 0 Å². The van der Waals surface area contributed by atoms with E-state index in [2.05, 4.69) is 27.7 Å². The van der Waals surface area contributed by atoms with Crippen LogP contribution < -0.4 is 0 Å². The maximum Gasteiger partial charge on any atom is 0.472 e. The molecule has 0 aliphatic carbocycles. The first-order valence-corrected chi connectivity index (χ1v) is 34.3. The topological polar surface area (TPSA) is 237 Å². The summed E-state index contributed by atoms with van der Waals surface area (Å²) in [6, 6.07) is 0. The van der Waals surface area contributed by atoms with E-state index in [1.54, 1.807) is 0 Å². The molecule has 0 rings (SSSR count). The molecule has 0 aliphatic rings. The van der Waals surface area contributed by atoms with Gasteiger partial charge in [-0.2, -0.15) is 0 Å². The Morgan fingerprint density at radius 1 is 0.308 bits per heavy atom. The number of rotatable bonds is 60. The zero-order valence-corrected chi connectivity index (χ0v) is 51.4. The fourth-order valence-corrected chi connectivity index (χ4v) is 10.3. The molecule has 5 atom stereocenters. The number of phosphoric ester groups is 2. The van der Waals surface area contributed by atoms with Crippen LogP contribution in [-0.2, 0) is 65.4 Å². The van der Waals surface area contributed by atoms with E-state index in [0.717, 1.165) is 116 Å². The van der Waals surface area contributed by atoms with Gasteiger partial charge in [0.2, 0.25) is 0 Å². The van der Waals surface area contributed by atoms with Crippen LogP contribution in [0.2, 0.25) is 0 Å². The van der Waals surface area contributed by atoms with Crippen LogP contribution in [-0.4, -0.2) is 96.7 Å². The Bertz CT molecular complexity index is 1520. The molecule has 3 N–H and O–H groups in total. The second-order valence-electron chi connectivity index (χ2n) is 21.4. The van der Waals surface area contributed by atoms with E-state index >= 15 is 0 Å². The summed E-state index contributed by atoms with van der Waals surface area (Å²) >= 11 is 0.